The molecule has 1 aliphatic rings. The van der Waals surface area contributed by atoms with Crippen molar-refractivity contribution in [1.82, 2.24) is 10.2 Å². The van der Waals surface area contributed by atoms with Crippen molar-refractivity contribution >= 4 is 29.2 Å². The first-order valence-corrected chi connectivity index (χ1v) is 11.2. The van der Waals surface area contributed by atoms with Crippen LogP contribution in [0.25, 0.3) is 0 Å². The Kier molecular flexibility index (Phi) is 10.4. The van der Waals surface area contributed by atoms with Crippen molar-refractivity contribution in [3.63, 3.8) is 0 Å². The molecular formula is C22H34ClN3O5. The first-order valence-electron chi connectivity index (χ1n) is 10.9. The Bertz CT molecular complexity index is 746. The van der Waals surface area contributed by atoms with Crippen LogP contribution in [0.2, 0.25) is 5.02 Å². The maximum atomic E-state index is 12.7. The van der Waals surface area contributed by atoms with Crippen LogP contribution in [0, 0.1) is 0 Å². The summed E-state index contributed by atoms with van der Waals surface area (Å²) in [5.74, 6) is -0.0247. The van der Waals surface area contributed by atoms with Crippen molar-refractivity contribution in [1.29, 1.82) is 0 Å². The molecule has 1 fully saturated rings. The van der Waals surface area contributed by atoms with Crippen molar-refractivity contribution in [3.05, 3.63) is 22.7 Å². The van der Waals surface area contributed by atoms with Gasteiger partial charge in [0, 0.05) is 38.2 Å². The maximum Gasteiger partial charge on any atom is 0.305 e. The molecule has 0 bridgehead atoms. The first-order chi connectivity index (χ1) is 14.8. The van der Waals surface area contributed by atoms with Gasteiger partial charge in [0.1, 0.15) is 5.75 Å². The van der Waals surface area contributed by atoms with Crippen LogP contribution in [-0.2, 0) is 14.3 Å². The smallest absolute Gasteiger partial charge is 0.305 e. The van der Waals surface area contributed by atoms with E-state index in [1.807, 2.05) is 13.8 Å². The van der Waals surface area contributed by atoms with E-state index in [9.17, 15) is 9.59 Å². The molecule has 8 nitrogen and oxygen atoms in total. The second-order valence-electron chi connectivity index (χ2n) is 7.55. The first kappa shape index (κ1) is 25.2. The highest BCUT2D eigenvalue weighted by Gasteiger charge is 2.25. The molecule has 1 aromatic carbocycles. The summed E-state index contributed by atoms with van der Waals surface area (Å²) in [5, 5.41) is 3.23. The third-order valence-electron chi connectivity index (χ3n) is 5.24. The number of carbonyl (C=O) groups is 2. The summed E-state index contributed by atoms with van der Waals surface area (Å²) in [4.78, 5) is 26.6. The van der Waals surface area contributed by atoms with E-state index in [0.29, 0.717) is 67.4 Å². The van der Waals surface area contributed by atoms with Crippen LogP contribution >= 0.6 is 11.6 Å². The quantitative estimate of drug-likeness (QED) is 0.390. The van der Waals surface area contributed by atoms with Gasteiger partial charge in [-0.25, -0.2) is 0 Å². The fraction of sp³-hybridized carbons (Fsp3) is 0.636. The Labute approximate surface area is 189 Å². The van der Waals surface area contributed by atoms with Crippen LogP contribution in [0.1, 0.15) is 50.4 Å². The minimum Gasteiger partial charge on any atom is -0.493 e. The Morgan fingerprint density at radius 2 is 2.13 bits per heavy atom. The summed E-state index contributed by atoms with van der Waals surface area (Å²) in [6.45, 7) is 9.14. The normalized spacial score (nSPS) is 17.7. The zero-order valence-electron chi connectivity index (χ0n) is 18.6. The molecule has 0 saturated carbocycles. The molecule has 1 heterocycles. The van der Waals surface area contributed by atoms with Crippen molar-refractivity contribution in [2.45, 2.75) is 52.2 Å². The monoisotopic (exact) mass is 455 g/mol. The predicted molar refractivity (Wildman–Crippen MR) is 121 cm³/mol. The molecule has 0 aromatic heterocycles. The summed E-state index contributed by atoms with van der Waals surface area (Å²) in [6, 6.07) is 3.41. The molecule has 0 spiro atoms. The lowest BCUT2D eigenvalue weighted by molar-refractivity contribution is -0.143. The number of ether oxygens (including phenoxy) is 3. The van der Waals surface area contributed by atoms with Crippen molar-refractivity contribution in [3.8, 4) is 5.75 Å². The second kappa shape index (κ2) is 12.7. The highest BCUT2D eigenvalue weighted by molar-refractivity contribution is 6.33. The molecule has 1 saturated heterocycles. The lowest BCUT2D eigenvalue weighted by Gasteiger charge is -2.37. The minimum absolute atomic E-state index is 0.120. The van der Waals surface area contributed by atoms with Gasteiger partial charge in [-0.3, -0.25) is 14.5 Å². The summed E-state index contributed by atoms with van der Waals surface area (Å²) >= 11 is 6.09. The number of nitrogens with two attached hydrogens (primary N) is 1. The number of hydrogen-bond donors (Lipinski definition) is 2. The third kappa shape index (κ3) is 7.87. The molecule has 1 aliphatic heterocycles. The molecule has 3 N–H and O–H groups in total. The van der Waals surface area contributed by atoms with Gasteiger partial charge in [-0.2, -0.15) is 0 Å². The summed E-state index contributed by atoms with van der Waals surface area (Å²) in [7, 11) is 0. The van der Waals surface area contributed by atoms with Crippen LogP contribution in [0.15, 0.2) is 12.1 Å². The van der Waals surface area contributed by atoms with Gasteiger partial charge >= 0.3 is 5.97 Å². The number of rotatable bonds is 11. The van der Waals surface area contributed by atoms with Crippen LogP contribution in [-0.4, -0.2) is 68.4 Å². The van der Waals surface area contributed by atoms with E-state index in [-0.39, 0.29) is 18.0 Å². The Hall–Kier alpha value is -2.03. The number of nitrogen functional groups attached to an aromatic ring is 1. The fourth-order valence-electron chi connectivity index (χ4n) is 3.55. The number of nitrogens with zero attached hydrogens (tertiary/aromatic N) is 1. The Morgan fingerprint density at radius 1 is 1.35 bits per heavy atom. The van der Waals surface area contributed by atoms with E-state index in [1.54, 1.807) is 6.07 Å². The van der Waals surface area contributed by atoms with E-state index in [4.69, 9.17) is 31.5 Å². The van der Waals surface area contributed by atoms with Crippen LogP contribution < -0.4 is 15.8 Å². The summed E-state index contributed by atoms with van der Waals surface area (Å²) in [6.07, 6.45) is 2.01. The third-order valence-corrected chi connectivity index (χ3v) is 5.56. The standard InChI is InChI=1S/C22H34ClN3O5/c1-4-29-20-12-19(24)18(23)11-17(20)22(28)25-13-16-14-26(9-10-31-16)15(3)7-6-8-21(27)30-5-2/h11-12,15-16H,4-10,13-14,24H2,1-3H3,(H,25,28)/t15-,16?/m0/s1. The van der Waals surface area contributed by atoms with Gasteiger partial charge in [0.2, 0.25) is 0 Å². The van der Waals surface area contributed by atoms with E-state index in [0.717, 1.165) is 19.4 Å². The number of esters is 1. The lowest BCUT2D eigenvalue weighted by Crippen LogP contribution is -2.50. The molecule has 31 heavy (non-hydrogen) atoms. The molecule has 1 unspecified atom stereocenters. The number of anilines is 1. The van der Waals surface area contributed by atoms with E-state index < -0.39 is 0 Å². The van der Waals surface area contributed by atoms with E-state index in [2.05, 4.69) is 17.1 Å². The number of amides is 1. The van der Waals surface area contributed by atoms with Gasteiger partial charge in [-0.05, 0) is 39.7 Å². The Morgan fingerprint density at radius 3 is 2.84 bits per heavy atom. The molecule has 1 amide bonds. The molecule has 9 heteroatoms. The lowest BCUT2D eigenvalue weighted by atomic mass is 10.1. The van der Waals surface area contributed by atoms with E-state index >= 15 is 0 Å². The van der Waals surface area contributed by atoms with Gasteiger partial charge in [0.05, 0.1) is 42.2 Å². The average Bonchev–Trinajstić information content (AvgIpc) is 2.75. The highest BCUT2D eigenvalue weighted by Crippen LogP contribution is 2.29. The van der Waals surface area contributed by atoms with Gasteiger partial charge in [0.15, 0.2) is 0 Å². The molecule has 2 rings (SSSR count). The van der Waals surface area contributed by atoms with Gasteiger partial charge in [-0.15, -0.1) is 0 Å². The number of carbonyl (C=O) groups excluding carboxylic acids is 2. The molecule has 2 atom stereocenters. The summed E-state index contributed by atoms with van der Waals surface area (Å²) < 4.78 is 16.3. The topological polar surface area (TPSA) is 103 Å². The van der Waals surface area contributed by atoms with Crippen molar-refractivity contribution < 1.29 is 23.8 Å². The van der Waals surface area contributed by atoms with Crippen LogP contribution in [0.5, 0.6) is 5.75 Å². The largest absolute Gasteiger partial charge is 0.493 e. The van der Waals surface area contributed by atoms with E-state index in [1.165, 1.54) is 6.07 Å². The second-order valence-corrected chi connectivity index (χ2v) is 7.95. The number of hydrogen-bond acceptors (Lipinski definition) is 7. The SMILES string of the molecule is CCOC(=O)CCC[C@H](C)N1CCOC(CNC(=O)c2cc(Cl)c(N)cc2OCC)C1. The van der Waals surface area contributed by atoms with Gasteiger partial charge < -0.3 is 25.3 Å². The zero-order chi connectivity index (χ0) is 22.8. The van der Waals surface area contributed by atoms with Crippen molar-refractivity contribution in [2.24, 2.45) is 0 Å². The molecular weight excluding hydrogens is 422 g/mol. The molecule has 174 valence electrons. The van der Waals surface area contributed by atoms with Gasteiger partial charge in [-0.1, -0.05) is 11.6 Å². The molecule has 1 aromatic rings. The summed E-state index contributed by atoms with van der Waals surface area (Å²) in [5.41, 5.74) is 6.54. The van der Waals surface area contributed by atoms with Crippen molar-refractivity contribution in [2.75, 3.05) is 45.2 Å². The number of morpholine rings is 1. The predicted octanol–water partition coefficient (Wildman–Crippen LogP) is 2.87. The molecule has 0 radical (unpaired) electrons. The maximum absolute atomic E-state index is 12.7. The number of nitrogens with one attached hydrogen (secondary N) is 1. The Balaban J connectivity index is 1.85. The average molecular weight is 456 g/mol. The zero-order valence-corrected chi connectivity index (χ0v) is 19.4. The molecule has 0 aliphatic carbocycles. The van der Waals surface area contributed by atoms with Gasteiger partial charge in [0.25, 0.3) is 5.91 Å². The minimum atomic E-state index is -0.284. The fourth-order valence-corrected chi connectivity index (χ4v) is 3.71. The number of halogens is 1. The van der Waals surface area contributed by atoms with Crippen LogP contribution in [0.4, 0.5) is 5.69 Å². The highest BCUT2D eigenvalue weighted by atomic mass is 35.5. The number of benzene rings is 1. The van der Waals surface area contributed by atoms with Crippen LogP contribution in [0.3, 0.4) is 0 Å².